The van der Waals surface area contributed by atoms with Gasteiger partial charge in [0.1, 0.15) is 29.8 Å². The highest BCUT2D eigenvalue weighted by Crippen LogP contribution is 2.59. The van der Waals surface area contributed by atoms with Crippen molar-refractivity contribution < 1.29 is 37.4 Å². The summed E-state index contributed by atoms with van der Waals surface area (Å²) in [6, 6.07) is 13.4. The number of rotatable bonds is 10. The monoisotopic (exact) mass is 886 g/mol. The molecule has 2 bridgehead atoms. The summed E-state index contributed by atoms with van der Waals surface area (Å²) < 4.78 is 43.0. The zero-order chi connectivity index (χ0) is 45.7. The number of alkyl halides is 2. The van der Waals surface area contributed by atoms with E-state index in [0.29, 0.717) is 57.2 Å². The molecule has 2 saturated heterocycles. The second-order valence-corrected chi connectivity index (χ2v) is 19.1. The van der Waals surface area contributed by atoms with Gasteiger partial charge in [0.25, 0.3) is 5.92 Å². The summed E-state index contributed by atoms with van der Waals surface area (Å²) in [7, 11) is 2.53. The number of nitrogens with zero attached hydrogens (tertiary/aromatic N) is 4. The van der Waals surface area contributed by atoms with Crippen molar-refractivity contribution in [2.24, 2.45) is 17.3 Å². The number of ether oxygens (including phenoxy) is 2. The molecule has 2 aliphatic heterocycles. The van der Waals surface area contributed by atoms with E-state index < -0.39 is 36.2 Å². The number of methoxy groups -OCH3 is 2. The molecule has 14 nitrogen and oxygen atoms in total. The number of likely N-dealkylation sites (tertiary alicyclic amines) is 2. The molecule has 4 N–H and O–H groups in total. The number of carbonyl (C=O) groups is 4. The third kappa shape index (κ3) is 7.12. The summed E-state index contributed by atoms with van der Waals surface area (Å²) >= 11 is 0. The molecule has 3 aromatic carbocycles. The smallest absolute Gasteiger partial charge is 0.407 e. The van der Waals surface area contributed by atoms with Crippen LogP contribution in [-0.2, 0) is 25.0 Å². The Labute approximate surface area is 374 Å². The van der Waals surface area contributed by atoms with Gasteiger partial charge in [-0.15, -0.1) is 0 Å². The molecule has 338 valence electrons. The summed E-state index contributed by atoms with van der Waals surface area (Å²) in [5.41, 5.74) is 5.65. The number of alkyl carbamates (subject to hydrolysis) is 2. The minimum absolute atomic E-state index is 0.00820. The molecule has 4 heterocycles. The summed E-state index contributed by atoms with van der Waals surface area (Å²) in [6.07, 6.45) is 6.61. The van der Waals surface area contributed by atoms with Gasteiger partial charge in [-0.25, -0.2) is 19.6 Å². The Kier molecular flexibility index (Phi) is 10.1. The lowest BCUT2D eigenvalue weighted by Crippen LogP contribution is -2.53. The van der Waals surface area contributed by atoms with Gasteiger partial charge in [0.15, 0.2) is 0 Å². The topological polar surface area (TPSA) is 175 Å². The molecule has 4 amide bonds. The average Bonchev–Trinajstić information content (AvgIpc) is 3.95. The first kappa shape index (κ1) is 42.4. The number of H-pyrrole nitrogens is 2. The Morgan fingerprint density at radius 3 is 2.06 bits per heavy atom. The van der Waals surface area contributed by atoms with Crippen molar-refractivity contribution in [3.63, 3.8) is 0 Å². The van der Waals surface area contributed by atoms with Crippen molar-refractivity contribution in [3.05, 3.63) is 95.2 Å². The van der Waals surface area contributed by atoms with Crippen LogP contribution in [0.3, 0.4) is 0 Å². The first-order valence-electron chi connectivity index (χ1n) is 22.3. The van der Waals surface area contributed by atoms with Crippen LogP contribution in [0.25, 0.3) is 44.5 Å². The van der Waals surface area contributed by atoms with Gasteiger partial charge in [0.05, 0.1) is 43.2 Å². The maximum Gasteiger partial charge on any atom is 0.407 e. The Balaban J connectivity index is 0.898. The van der Waals surface area contributed by atoms with Crippen LogP contribution in [0.15, 0.2) is 72.4 Å². The maximum absolute atomic E-state index is 16.7. The number of hydrogen-bond donors (Lipinski definition) is 4. The molecule has 1 spiro atoms. The lowest BCUT2D eigenvalue weighted by molar-refractivity contribution is -0.137. The highest BCUT2D eigenvalue weighted by atomic mass is 19.3. The molecular weight excluding hydrogens is 835 g/mol. The van der Waals surface area contributed by atoms with Crippen LogP contribution in [0.2, 0.25) is 0 Å². The Morgan fingerprint density at radius 1 is 0.800 bits per heavy atom. The molecule has 65 heavy (non-hydrogen) atoms. The van der Waals surface area contributed by atoms with Crippen molar-refractivity contribution in [1.29, 1.82) is 0 Å². The van der Waals surface area contributed by atoms with E-state index in [2.05, 4.69) is 26.7 Å². The number of halogens is 2. The van der Waals surface area contributed by atoms with E-state index in [0.717, 1.165) is 43.2 Å². The van der Waals surface area contributed by atoms with Crippen molar-refractivity contribution in [2.45, 2.75) is 95.9 Å². The van der Waals surface area contributed by atoms with Crippen molar-refractivity contribution >= 4 is 35.0 Å². The standard InChI is InChI=1S/C49H52F2N8O6/c1-24(2)39(56-46(62)64-5)44(60)58-23-48(15-16-48)21-38(58)42-52-22-37(55-42)28-9-13-32-31-12-8-26(18-33(31)49(50,51)34(32)19-28)27-10-14-35-36(20-27)54-43(53-35)41-29-7-11-30(17-29)59(41)45(61)40(25(3)4)57-47(63)65-6/h7-10,12-14,18-20,22,24-25,30,38-41H,11,15-17,21,23H2,1-6H3,(H,52,55)(H,53,54)(H,56,62)(H,57,63)/t30?,38-,39?,40?,41?/m0/s1. The largest absolute Gasteiger partial charge is 0.453 e. The minimum atomic E-state index is -3.29. The second-order valence-electron chi connectivity index (χ2n) is 19.1. The third-order valence-electron chi connectivity index (χ3n) is 14.3. The predicted octanol–water partition coefficient (Wildman–Crippen LogP) is 8.53. The highest BCUT2D eigenvalue weighted by Gasteiger charge is 2.55. The fourth-order valence-corrected chi connectivity index (χ4v) is 10.5. The molecule has 3 aliphatic carbocycles. The molecule has 0 radical (unpaired) electrons. The van der Waals surface area contributed by atoms with Crippen LogP contribution in [0.5, 0.6) is 0 Å². The van der Waals surface area contributed by atoms with Crippen LogP contribution in [0.4, 0.5) is 18.4 Å². The predicted molar refractivity (Wildman–Crippen MR) is 237 cm³/mol. The van der Waals surface area contributed by atoms with Gasteiger partial charge >= 0.3 is 12.2 Å². The summed E-state index contributed by atoms with van der Waals surface area (Å²) in [5, 5.41) is 5.41. The Bertz CT molecular complexity index is 2810. The van der Waals surface area contributed by atoms with Gasteiger partial charge in [-0.05, 0) is 101 Å². The third-order valence-corrected chi connectivity index (χ3v) is 14.3. The van der Waals surface area contributed by atoms with Crippen LogP contribution in [0, 0.1) is 17.3 Å². The molecule has 5 atom stereocenters. The molecule has 1 saturated carbocycles. The van der Waals surface area contributed by atoms with Crippen LogP contribution < -0.4 is 10.6 Å². The molecule has 5 aromatic rings. The van der Waals surface area contributed by atoms with E-state index >= 15 is 8.78 Å². The fourth-order valence-electron chi connectivity index (χ4n) is 10.5. The number of aromatic amines is 2. The van der Waals surface area contributed by atoms with Gasteiger partial charge in [-0.3, -0.25) is 9.59 Å². The molecular formula is C49H52F2N8O6. The molecule has 3 fully saturated rings. The number of amides is 4. The summed E-state index contributed by atoms with van der Waals surface area (Å²) in [6.45, 7) is 8.05. The van der Waals surface area contributed by atoms with Crippen LogP contribution in [0.1, 0.15) is 94.7 Å². The molecule has 16 heteroatoms. The van der Waals surface area contributed by atoms with Crippen LogP contribution >= 0.6 is 0 Å². The molecule has 5 aliphatic rings. The fraction of sp³-hybridized carbons (Fsp3) is 0.429. The van der Waals surface area contributed by atoms with Crippen LogP contribution in [-0.4, -0.2) is 92.6 Å². The Hall–Kier alpha value is -6.58. The molecule has 2 aromatic heterocycles. The van der Waals surface area contributed by atoms with Gasteiger partial charge < -0.3 is 39.9 Å². The number of nitrogens with one attached hydrogen (secondary N) is 4. The highest BCUT2D eigenvalue weighted by molar-refractivity contribution is 5.90. The van der Waals surface area contributed by atoms with Gasteiger partial charge in [0, 0.05) is 29.3 Å². The molecule has 10 rings (SSSR count). The van der Waals surface area contributed by atoms with Crippen molar-refractivity contribution in [3.8, 4) is 33.5 Å². The summed E-state index contributed by atoms with van der Waals surface area (Å²) in [5.74, 6) is -2.89. The van der Waals surface area contributed by atoms with Gasteiger partial charge in [-0.1, -0.05) is 64.1 Å². The van der Waals surface area contributed by atoms with E-state index in [1.807, 2.05) is 62.9 Å². The van der Waals surface area contributed by atoms with E-state index in [1.165, 1.54) is 20.3 Å². The summed E-state index contributed by atoms with van der Waals surface area (Å²) in [4.78, 5) is 72.4. The SMILES string of the molecule is COC(=O)NC(C(=O)N1C2CC=C(C2)C1c1nc2ccc(-c3ccc4c(c3)C(F)(F)c3cc(-c5cnc([C@@H]6CC7(CC7)CN6C(=O)C(NC(=O)OC)C(C)C)[nH]5)ccc3-4)cc2[nH]1)C(C)C. The minimum Gasteiger partial charge on any atom is -0.453 e. The number of hydrogen-bond acceptors (Lipinski definition) is 8. The van der Waals surface area contributed by atoms with Gasteiger partial charge in [-0.2, -0.15) is 8.78 Å². The Morgan fingerprint density at radius 2 is 1.42 bits per heavy atom. The number of carbonyl (C=O) groups excluding carboxylic acids is 4. The van der Waals surface area contributed by atoms with Crippen molar-refractivity contribution in [1.82, 2.24) is 40.4 Å². The van der Waals surface area contributed by atoms with E-state index in [4.69, 9.17) is 19.4 Å². The zero-order valence-corrected chi connectivity index (χ0v) is 37.1. The lowest BCUT2D eigenvalue weighted by Gasteiger charge is -2.35. The van der Waals surface area contributed by atoms with E-state index in [1.54, 1.807) is 29.3 Å². The second kappa shape index (κ2) is 15.5. The number of benzene rings is 3. The van der Waals surface area contributed by atoms with E-state index in [9.17, 15) is 19.2 Å². The number of imidazole rings is 2. The van der Waals surface area contributed by atoms with E-state index in [-0.39, 0.29) is 52.3 Å². The quantitative estimate of drug-likeness (QED) is 0.101. The first-order chi connectivity index (χ1) is 31.1. The molecule has 4 unspecified atom stereocenters. The number of aromatic nitrogens is 4. The van der Waals surface area contributed by atoms with Gasteiger partial charge in [0.2, 0.25) is 11.8 Å². The van der Waals surface area contributed by atoms with Crippen molar-refractivity contribution in [2.75, 3.05) is 20.8 Å². The zero-order valence-electron chi connectivity index (χ0n) is 37.1. The average molecular weight is 887 g/mol. The maximum atomic E-state index is 16.7. The number of fused-ring (bicyclic) bond motifs is 6. The normalized spacial score (nSPS) is 21.7. The first-order valence-corrected chi connectivity index (χ1v) is 22.3. The lowest BCUT2D eigenvalue weighted by atomic mass is 9.98.